The van der Waals surface area contributed by atoms with Gasteiger partial charge >= 0.3 is 0 Å². The van der Waals surface area contributed by atoms with Gasteiger partial charge in [0.15, 0.2) is 27.2 Å². The number of aromatic nitrogens is 3. The van der Waals surface area contributed by atoms with Crippen molar-refractivity contribution >= 4 is 26.6 Å². The third kappa shape index (κ3) is 3.47. The van der Waals surface area contributed by atoms with Gasteiger partial charge in [-0.05, 0) is 31.0 Å². The number of nitrogens with one attached hydrogen (secondary N) is 1. The fraction of sp³-hybridized carbons (Fsp3) is 0.458. The van der Waals surface area contributed by atoms with Crippen molar-refractivity contribution in [2.75, 3.05) is 50.7 Å². The topological polar surface area (TPSA) is 130 Å². The van der Waals surface area contributed by atoms with Crippen molar-refractivity contribution in [3.63, 3.8) is 0 Å². The summed E-state index contributed by atoms with van der Waals surface area (Å²) in [7, 11) is -3.60. The number of nitriles is 1. The van der Waals surface area contributed by atoms with Crippen LogP contribution in [0.4, 0.5) is 5.82 Å². The fourth-order valence-electron chi connectivity index (χ4n) is 5.35. The highest BCUT2D eigenvalue weighted by Gasteiger charge is 2.50. The Bertz CT molecular complexity index is 1450. The highest BCUT2D eigenvalue weighted by molar-refractivity contribution is 7.91. The Morgan fingerprint density at radius 2 is 2.00 bits per heavy atom. The normalized spacial score (nSPS) is 21.6. The van der Waals surface area contributed by atoms with Crippen molar-refractivity contribution in [2.24, 2.45) is 0 Å². The summed E-state index contributed by atoms with van der Waals surface area (Å²) in [5, 5.41) is 10.5. The molecule has 0 amide bonds. The van der Waals surface area contributed by atoms with E-state index < -0.39 is 14.6 Å². The zero-order valence-corrected chi connectivity index (χ0v) is 20.1. The maximum absolute atomic E-state index is 13.3. The van der Waals surface area contributed by atoms with Gasteiger partial charge in [-0.1, -0.05) is 0 Å². The van der Waals surface area contributed by atoms with Gasteiger partial charge in [0.05, 0.1) is 30.9 Å². The summed E-state index contributed by atoms with van der Waals surface area (Å²) < 4.78 is 42.8. The van der Waals surface area contributed by atoms with Crippen molar-refractivity contribution in [2.45, 2.75) is 23.6 Å². The maximum atomic E-state index is 13.3. The lowest BCUT2D eigenvalue weighted by molar-refractivity contribution is 0.0640. The molecule has 0 spiro atoms. The lowest BCUT2D eigenvalue weighted by atomic mass is 9.93. The number of aromatic amines is 1. The number of morpholine rings is 1. The standard InChI is InChI=1S/C24H25N5O5S/c1-35(30,31)24(3-7-32-8-4-24)21-20-23(29-6-9-33-13-16(29)14-34-20)28-22(27-21)18-10-15(12-25)11-19-17(18)2-5-26-19/h2,5,10-11,16,26H,3-4,6-9,13-14H2,1H3/t16-/m0/s1. The third-order valence-corrected chi connectivity index (χ3v) is 9.27. The molecule has 2 aromatic heterocycles. The molecule has 0 saturated carbocycles. The predicted octanol–water partition coefficient (Wildman–Crippen LogP) is 2.14. The molecule has 3 aliphatic heterocycles. The number of ether oxygens (including phenoxy) is 3. The van der Waals surface area contributed by atoms with Crippen LogP contribution in [0.3, 0.4) is 0 Å². The molecule has 2 fully saturated rings. The minimum Gasteiger partial charge on any atom is -0.486 e. The summed E-state index contributed by atoms with van der Waals surface area (Å²) in [4.78, 5) is 15.1. The number of sulfone groups is 1. The second-order valence-corrected chi connectivity index (χ2v) is 11.6. The Hall–Kier alpha value is -3.20. The van der Waals surface area contributed by atoms with Gasteiger partial charge in [0.25, 0.3) is 0 Å². The molecule has 6 rings (SSSR count). The largest absolute Gasteiger partial charge is 0.486 e. The van der Waals surface area contributed by atoms with Crippen LogP contribution >= 0.6 is 0 Å². The van der Waals surface area contributed by atoms with Gasteiger partial charge in [0.2, 0.25) is 0 Å². The van der Waals surface area contributed by atoms with Crippen LogP contribution in [-0.2, 0) is 24.1 Å². The van der Waals surface area contributed by atoms with Crippen LogP contribution in [0.15, 0.2) is 24.4 Å². The highest BCUT2D eigenvalue weighted by atomic mass is 32.2. The number of hydrogen-bond donors (Lipinski definition) is 1. The van der Waals surface area contributed by atoms with Gasteiger partial charge in [-0.3, -0.25) is 0 Å². The number of hydrogen-bond acceptors (Lipinski definition) is 9. The molecule has 1 atom stereocenters. The summed E-state index contributed by atoms with van der Waals surface area (Å²) in [5.41, 5.74) is 2.28. The molecule has 0 bridgehead atoms. The molecule has 3 aliphatic rings. The smallest absolute Gasteiger partial charge is 0.185 e. The van der Waals surface area contributed by atoms with Crippen molar-refractivity contribution < 1.29 is 22.6 Å². The van der Waals surface area contributed by atoms with E-state index in [0.29, 0.717) is 73.8 Å². The number of H-pyrrole nitrogens is 1. The van der Waals surface area contributed by atoms with E-state index in [1.165, 1.54) is 6.26 Å². The van der Waals surface area contributed by atoms with E-state index in [9.17, 15) is 13.7 Å². The molecule has 11 heteroatoms. The molecule has 0 unspecified atom stereocenters. The van der Waals surface area contributed by atoms with Crippen LogP contribution in [0.5, 0.6) is 5.75 Å². The molecule has 35 heavy (non-hydrogen) atoms. The summed E-state index contributed by atoms with van der Waals surface area (Å²) >= 11 is 0. The van der Waals surface area contributed by atoms with Gasteiger partial charge < -0.3 is 24.1 Å². The van der Waals surface area contributed by atoms with E-state index in [-0.39, 0.29) is 18.9 Å². The van der Waals surface area contributed by atoms with Gasteiger partial charge in [0.1, 0.15) is 17.0 Å². The number of nitrogens with zero attached hydrogens (tertiary/aromatic N) is 4. The zero-order chi connectivity index (χ0) is 24.2. The van der Waals surface area contributed by atoms with Gasteiger partial charge in [-0.2, -0.15) is 5.26 Å². The predicted molar refractivity (Wildman–Crippen MR) is 128 cm³/mol. The van der Waals surface area contributed by atoms with E-state index in [0.717, 1.165) is 10.9 Å². The molecule has 0 radical (unpaired) electrons. The second-order valence-electron chi connectivity index (χ2n) is 9.24. The Labute approximate surface area is 202 Å². The van der Waals surface area contributed by atoms with Crippen molar-refractivity contribution in [1.82, 2.24) is 15.0 Å². The number of benzene rings is 1. The van der Waals surface area contributed by atoms with E-state index in [1.807, 2.05) is 6.07 Å². The summed E-state index contributed by atoms with van der Waals surface area (Å²) in [5.74, 6) is 1.36. The second kappa shape index (κ2) is 8.19. The van der Waals surface area contributed by atoms with Crippen LogP contribution in [0, 0.1) is 11.3 Å². The molecule has 0 aliphatic carbocycles. The summed E-state index contributed by atoms with van der Waals surface area (Å²) in [6, 6.07) is 7.61. The van der Waals surface area contributed by atoms with Crippen molar-refractivity contribution in [1.29, 1.82) is 5.26 Å². The molecule has 182 valence electrons. The lowest BCUT2D eigenvalue weighted by Gasteiger charge is -2.43. The quantitative estimate of drug-likeness (QED) is 0.581. The van der Waals surface area contributed by atoms with Crippen LogP contribution in [0.1, 0.15) is 24.1 Å². The minimum atomic E-state index is -3.60. The molecular weight excluding hydrogens is 470 g/mol. The molecule has 10 nitrogen and oxygen atoms in total. The van der Waals surface area contributed by atoms with E-state index >= 15 is 0 Å². The third-order valence-electron chi connectivity index (χ3n) is 7.25. The molecule has 5 heterocycles. The van der Waals surface area contributed by atoms with Crippen LogP contribution in [-0.4, -0.2) is 75.2 Å². The Morgan fingerprint density at radius 3 is 2.77 bits per heavy atom. The van der Waals surface area contributed by atoms with Gasteiger partial charge in [-0.15, -0.1) is 0 Å². The fourth-order valence-corrected chi connectivity index (χ4v) is 6.75. The highest BCUT2D eigenvalue weighted by Crippen LogP contribution is 2.48. The molecule has 1 aromatic carbocycles. The number of fused-ring (bicyclic) bond motifs is 4. The Balaban J connectivity index is 1.66. The van der Waals surface area contributed by atoms with Crippen LogP contribution in [0.25, 0.3) is 22.3 Å². The molecule has 3 aromatic rings. The van der Waals surface area contributed by atoms with Gasteiger partial charge in [-0.25, -0.2) is 18.4 Å². The minimum absolute atomic E-state index is 0.0200. The lowest BCUT2D eigenvalue weighted by Crippen LogP contribution is -2.52. The first-order valence-corrected chi connectivity index (χ1v) is 13.5. The van der Waals surface area contributed by atoms with E-state index in [1.54, 1.807) is 18.3 Å². The van der Waals surface area contributed by atoms with Crippen LogP contribution < -0.4 is 9.64 Å². The average molecular weight is 496 g/mol. The Morgan fingerprint density at radius 1 is 1.17 bits per heavy atom. The number of rotatable bonds is 3. The molecule has 2 saturated heterocycles. The first-order valence-electron chi connectivity index (χ1n) is 11.6. The number of anilines is 1. The molecule has 1 N–H and O–H groups in total. The zero-order valence-electron chi connectivity index (χ0n) is 19.3. The van der Waals surface area contributed by atoms with Crippen LogP contribution in [0.2, 0.25) is 0 Å². The average Bonchev–Trinajstić information content (AvgIpc) is 3.36. The summed E-state index contributed by atoms with van der Waals surface area (Å²) in [6.07, 6.45) is 3.62. The first-order chi connectivity index (χ1) is 16.9. The monoisotopic (exact) mass is 495 g/mol. The van der Waals surface area contributed by atoms with Gasteiger partial charge in [0, 0.05) is 48.7 Å². The van der Waals surface area contributed by atoms with E-state index in [2.05, 4.69) is 16.0 Å². The first kappa shape index (κ1) is 22.3. The Kier molecular flexibility index (Phi) is 5.21. The van der Waals surface area contributed by atoms with Crippen molar-refractivity contribution in [3.8, 4) is 23.2 Å². The summed E-state index contributed by atoms with van der Waals surface area (Å²) in [6.45, 7) is 2.65. The van der Waals surface area contributed by atoms with Crippen molar-refractivity contribution in [3.05, 3.63) is 35.7 Å². The molecular formula is C24H25N5O5S. The van der Waals surface area contributed by atoms with E-state index in [4.69, 9.17) is 24.2 Å². The SMILES string of the molecule is CS(=O)(=O)C1(c2nc(-c3cc(C#N)cc4[nH]ccc34)nc3c2OC[C@@H]2COCCN32)CCOCC1. The maximum Gasteiger partial charge on any atom is 0.185 e.